The molecule has 0 bridgehead atoms. The van der Waals surface area contributed by atoms with Crippen LogP contribution in [0.4, 0.5) is 0 Å². The van der Waals surface area contributed by atoms with Crippen molar-refractivity contribution in [2.24, 2.45) is 7.05 Å². The molecule has 0 aliphatic heterocycles. The summed E-state index contributed by atoms with van der Waals surface area (Å²) in [5, 5.41) is 8.59. The maximum Gasteiger partial charge on any atom is 0.303 e. The molecule has 0 aromatic carbocycles. The van der Waals surface area contributed by atoms with E-state index in [0.29, 0.717) is 6.42 Å². The summed E-state index contributed by atoms with van der Waals surface area (Å²) in [6.07, 6.45) is 23.2. The van der Waals surface area contributed by atoms with E-state index in [1.165, 1.54) is 101 Å². The molecule has 0 saturated carbocycles. The number of carboxylic acids is 1. The number of hydrogen-bond acceptors (Lipinski definition) is 1. The van der Waals surface area contributed by atoms with Crippen LogP contribution >= 0.6 is 0 Å². The number of nitrogens with zero attached hydrogens (tertiary/aromatic N) is 1. The van der Waals surface area contributed by atoms with E-state index in [1.807, 2.05) is 0 Å². The number of aryl methyl sites for hydroxylation is 2. The number of rotatable bonds is 18. The van der Waals surface area contributed by atoms with Crippen LogP contribution in [-0.4, -0.2) is 11.1 Å². The predicted octanol–water partition coefficient (Wildman–Crippen LogP) is 6.69. The minimum absolute atomic E-state index is 0.339. The lowest BCUT2D eigenvalue weighted by atomic mass is 10.0. The summed E-state index contributed by atoms with van der Waals surface area (Å²) >= 11 is 0. The average Bonchev–Trinajstić information content (AvgIpc) is 2.67. The molecular formula is C25H44NO2+. The smallest absolute Gasteiger partial charge is 0.303 e. The maximum absolute atomic E-state index is 10.4. The Morgan fingerprint density at radius 3 is 1.68 bits per heavy atom. The van der Waals surface area contributed by atoms with Gasteiger partial charge in [0.1, 0.15) is 7.05 Å². The number of hydrogen-bond donors (Lipinski definition) is 1. The molecule has 0 fully saturated rings. The number of pyridine rings is 1. The highest BCUT2D eigenvalue weighted by molar-refractivity contribution is 5.66. The lowest BCUT2D eigenvalue weighted by Gasteiger charge is -2.05. The molecule has 1 N–H and O–H groups in total. The van der Waals surface area contributed by atoms with Crippen molar-refractivity contribution in [1.82, 2.24) is 0 Å². The first kappa shape index (κ1) is 24.7. The Hall–Kier alpha value is -1.38. The van der Waals surface area contributed by atoms with Crippen molar-refractivity contribution in [3.8, 4) is 0 Å². The fraction of sp³-hybridized carbons (Fsp3) is 0.760. The third-order valence-electron chi connectivity index (χ3n) is 5.94. The second-order valence-electron chi connectivity index (χ2n) is 8.43. The van der Waals surface area contributed by atoms with E-state index in [9.17, 15) is 4.79 Å². The Labute approximate surface area is 173 Å². The summed E-state index contributed by atoms with van der Waals surface area (Å²) in [6, 6.07) is 4.43. The lowest BCUT2D eigenvalue weighted by Crippen LogP contribution is -2.32. The summed E-state index contributed by atoms with van der Waals surface area (Å²) in [7, 11) is 2.13. The Bertz CT molecular complexity index is 527. The van der Waals surface area contributed by atoms with Crippen LogP contribution in [0.5, 0.6) is 0 Å². The van der Waals surface area contributed by atoms with Crippen LogP contribution in [0.15, 0.2) is 18.3 Å². The van der Waals surface area contributed by atoms with Gasteiger partial charge in [-0.2, -0.15) is 0 Å². The molecule has 160 valence electrons. The molecule has 1 aromatic heterocycles. The molecule has 0 saturated heterocycles. The van der Waals surface area contributed by atoms with Crippen LogP contribution in [0.2, 0.25) is 0 Å². The topological polar surface area (TPSA) is 41.2 Å². The zero-order valence-electron chi connectivity index (χ0n) is 18.6. The summed E-state index contributed by atoms with van der Waals surface area (Å²) < 4.78 is 2.22. The number of carbonyl (C=O) groups is 1. The van der Waals surface area contributed by atoms with Crippen molar-refractivity contribution in [2.75, 3.05) is 0 Å². The van der Waals surface area contributed by atoms with Gasteiger partial charge >= 0.3 is 5.97 Å². The van der Waals surface area contributed by atoms with Crippen LogP contribution in [0.1, 0.15) is 114 Å². The van der Waals surface area contributed by atoms with Crippen molar-refractivity contribution < 1.29 is 14.5 Å². The van der Waals surface area contributed by atoms with Gasteiger partial charge in [-0.1, -0.05) is 83.5 Å². The minimum atomic E-state index is -0.656. The van der Waals surface area contributed by atoms with Gasteiger partial charge in [0, 0.05) is 25.0 Å². The number of aromatic nitrogens is 1. The van der Waals surface area contributed by atoms with Gasteiger partial charge in [0.05, 0.1) is 0 Å². The maximum atomic E-state index is 10.4. The highest BCUT2D eigenvalue weighted by Gasteiger charge is 2.06. The largest absolute Gasteiger partial charge is 0.481 e. The number of aliphatic carboxylic acids is 1. The molecule has 0 unspecified atom stereocenters. The Morgan fingerprint density at radius 2 is 1.21 bits per heavy atom. The van der Waals surface area contributed by atoms with E-state index in [-0.39, 0.29) is 0 Å². The second kappa shape index (κ2) is 16.6. The molecule has 1 heterocycles. The van der Waals surface area contributed by atoms with Gasteiger partial charge < -0.3 is 5.11 Å². The molecule has 3 heteroatoms. The molecule has 28 heavy (non-hydrogen) atoms. The van der Waals surface area contributed by atoms with E-state index >= 15 is 0 Å². The Morgan fingerprint density at radius 1 is 0.786 bits per heavy atom. The van der Waals surface area contributed by atoms with Crippen LogP contribution in [0, 0.1) is 6.92 Å². The van der Waals surface area contributed by atoms with Gasteiger partial charge in [-0.05, 0) is 25.3 Å². The first-order valence-electron chi connectivity index (χ1n) is 11.8. The molecular weight excluding hydrogens is 346 g/mol. The van der Waals surface area contributed by atoms with Crippen LogP contribution in [0.3, 0.4) is 0 Å². The minimum Gasteiger partial charge on any atom is -0.481 e. The van der Waals surface area contributed by atoms with E-state index in [0.717, 1.165) is 12.8 Å². The average molecular weight is 391 g/mol. The Kier molecular flexibility index (Phi) is 14.6. The molecule has 0 amide bonds. The van der Waals surface area contributed by atoms with Gasteiger partial charge in [0.2, 0.25) is 0 Å². The zero-order valence-corrected chi connectivity index (χ0v) is 18.6. The molecule has 3 nitrogen and oxygen atoms in total. The third kappa shape index (κ3) is 12.9. The molecule has 0 aliphatic carbocycles. The van der Waals surface area contributed by atoms with Gasteiger partial charge in [-0.25, -0.2) is 4.57 Å². The van der Waals surface area contributed by atoms with Crippen molar-refractivity contribution in [2.45, 2.75) is 116 Å². The van der Waals surface area contributed by atoms with E-state index in [1.54, 1.807) is 0 Å². The SMILES string of the molecule is Cc1c(CCCCCCCCCCCCCCCCCC(=O)O)ccc[n+]1C. The molecule has 0 radical (unpaired) electrons. The number of carboxylic acid groups (broad SMARTS) is 1. The summed E-state index contributed by atoms with van der Waals surface area (Å²) in [4.78, 5) is 10.4. The van der Waals surface area contributed by atoms with Crippen LogP contribution < -0.4 is 4.57 Å². The van der Waals surface area contributed by atoms with Gasteiger partial charge in [-0.15, -0.1) is 0 Å². The fourth-order valence-electron chi connectivity index (χ4n) is 3.90. The first-order chi connectivity index (χ1) is 13.6. The fourth-order valence-corrected chi connectivity index (χ4v) is 3.90. The standard InChI is InChI=1S/C25H43NO2/c1-23-24(20-18-22-26(23)2)19-16-14-12-10-8-6-4-3-5-7-9-11-13-15-17-21-25(27)28/h18,20,22H,3-17,19,21H2,1-2H3/p+1. The highest BCUT2D eigenvalue weighted by atomic mass is 16.4. The van der Waals surface area contributed by atoms with Crippen molar-refractivity contribution in [3.05, 3.63) is 29.6 Å². The predicted molar refractivity (Wildman–Crippen MR) is 118 cm³/mol. The van der Waals surface area contributed by atoms with E-state index in [4.69, 9.17) is 5.11 Å². The number of unbranched alkanes of at least 4 members (excludes halogenated alkanes) is 14. The van der Waals surface area contributed by atoms with Gasteiger partial charge in [-0.3, -0.25) is 4.79 Å². The van der Waals surface area contributed by atoms with Crippen molar-refractivity contribution in [1.29, 1.82) is 0 Å². The lowest BCUT2D eigenvalue weighted by molar-refractivity contribution is -0.678. The molecule has 1 rings (SSSR count). The summed E-state index contributed by atoms with van der Waals surface area (Å²) in [5.41, 5.74) is 2.91. The Balaban J connectivity index is 1.79. The molecule has 1 aromatic rings. The highest BCUT2D eigenvalue weighted by Crippen LogP contribution is 2.14. The normalized spacial score (nSPS) is 11.1. The van der Waals surface area contributed by atoms with E-state index in [2.05, 4.69) is 36.9 Å². The van der Waals surface area contributed by atoms with E-state index < -0.39 is 5.97 Å². The van der Waals surface area contributed by atoms with Crippen LogP contribution in [-0.2, 0) is 18.3 Å². The molecule has 0 atom stereocenters. The first-order valence-corrected chi connectivity index (χ1v) is 11.8. The second-order valence-corrected chi connectivity index (χ2v) is 8.43. The molecule has 0 aliphatic rings. The summed E-state index contributed by atoms with van der Waals surface area (Å²) in [6.45, 7) is 2.22. The van der Waals surface area contributed by atoms with Crippen molar-refractivity contribution in [3.63, 3.8) is 0 Å². The third-order valence-corrected chi connectivity index (χ3v) is 5.94. The zero-order chi connectivity index (χ0) is 20.5. The van der Waals surface area contributed by atoms with Crippen LogP contribution in [0.25, 0.3) is 0 Å². The summed E-state index contributed by atoms with van der Waals surface area (Å²) in [5.74, 6) is -0.656. The van der Waals surface area contributed by atoms with Crippen molar-refractivity contribution >= 4 is 5.97 Å². The monoisotopic (exact) mass is 390 g/mol. The van der Waals surface area contributed by atoms with Gasteiger partial charge in [0.15, 0.2) is 11.9 Å². The molecule has 0 spiro atoms. The quantitative estimate of drug-likeness (QED) is 0.224. The van der Waals surface area contributed by atoms with Gasteiger partial charge in [0.25, 0.3) is 0 Å².